The van der Waals surface area contributed by atoms with E-state index in [0.29, 0.717) is 5.92 Å². The number of primary amides is 1. The lowest BCUT2D eigenvalue weighted by Gasteiger charge is -2.15. The molecule has 0 aromatic heterocycles. The van der Waals surface area contributed by atoms with E-state index in [1.165, 1.54) is 5.56 Å². The Labute approximate surface area is 117 Å². The van der Waals surface area contributed by atoms with Crippen molar-refractivity contribution in [2.24, 2.45) is 5.73 Å². The van der Waals surface area contributed by atoms with E-state index >= 15 is 0 Å². The van der Waals surface area contributed by atoms with Crippen LogP contribution in [0.15, 0.2) is 24.3 Å². The number of ether oxygens (including phenoxy) is 1. The first kappa shape index (κ1) is 14.3. The van der Waals surface area contributed by atoms with Gasteiger partial charge in [0.2, 0.25) is 5.91 Å². The smallest absolute Gasteiger partial charge is 0.318 e. The summed E-state index contributed by atoms with van der Waals surface area (Å²) in [4.78, 5) is 24.1. The third-order valence-corrected chi connectivity index (χ3v) is 3.49. The van der Waals surface area contributed by atoms with Crippen LogP contribution >= 0.6 is 0 Å². The highest BCUT2D eigenvalue weighted by Crippen LogP contribution is 2.28. The molecule has 1 aromatic rings. The molecule has 2 rings (SSSR count). The van der Waals surface area contributed by atoms with E-state index in [4.69, 9.17) is 10.5 Å². The molecule has 108 valence electrons. The fourth-order valence-electron chi connectivity index (χ4n) is 2.50. The van der Waals surface area contributed by atoms with Crippen molar-refractivity contribution in [3.63, 3.8) is 0 Å². The molecule has 1 fully saturated rings. The molecule has 0 bridgehead atoms. The van der Waals surface area contributed by atoms with Crippen molar-refractivity contribution in [1.29, 1.82) is 0 Å². The van der Waals surface area contributed by atoms with Crippen LogP contribution < -0.4 is 15.8 Å². The van der Waals surface area contributed by atoms with E-state index in [2.05, 4.69) is 17.4 Å². The number of nitrogens with one attached hydrogen (secondary N) is 1. The van der Waals surface area contributed by atoms with E-state index in [9.17, 15) is 9.59 Å². The normalized spacial score (nSPS) is 18.8. The van der Waals surface area contributed by atoms with Gasteiger partial charge in [-0.1, -0.05) is 12.1 Å². The Balaban J connectivity index is 1.88. The van der Waals surface area contributed by atoms with Gasteiger partial charge in [-0.2, -0.15) is 0 Å². The van der Waals surface area contributed by atoms with E-state index in [1.54, 1.807) is 7.11 Å². The number of imide groups is 1. The average molecular weight is 277 g/mol. The van der Waals surface area contributed by atoms with Crippen LogP contribution in [0.2, 0.25) is 0 Å². The van der Waals surface area contributed by atoms with Crippen molar-refractivity contribution >= 4 is 11.9 Å². The van der Waals surface area contributed by atoms with Crippen LogP contribution in [0.4, 0.5) is 4.79 Å². The van der Waals surface area contributed by atoms with Crippen molar-refractivity contribution in [2.45, 2.75) is 12.3 Å². The maximum absolute atomic E-state index is 11.5. The number of rotatable bonds is 4. The maximum Gasteiger partial charge on any atom is 0.318 e. The molecule has 1 unspecified atom stereocenters. The number of hydrogen-bond donors (Lipinski definition) is 2. The van der Waals surface area contributed by atoms with Gasteiger partial charge in [0.25, 0.3) is 0 Å². The molecule has 1 aliphatic heterocycles. The lowest BCUT2D eigenvalue weighted by molar-refractivity contribution is -0.120. The molecule has 1 atom stereocenters. The van der Waals surface area contributed by atoms with Crippen LogP contribution in [-0.4, -0.2) is 43.6 Å². The highest BCUT2D eigenvalue weighted by Gasteiger charge is 2.25. The predicted molar refractivity (Wildman–Crippen MR) is 74.5 cm³/mol. The molecule has 3 amide bonds. The van der Waals surface area contributed by atoms with Crippen molar-refractivity contribution in [2.75, 3.05) is 26.7 Å². The Bertz CT molecular complexity index is 487. The topological polar surface area (TPSA) is 84.7 Å². The second-order valence-corrected chi connectivity index (χ2v) is 4.91. The zero-order chi connectivity index (χ0) is 14.5. The molecule has 1 aromatic carbocycles. The van der Waals surface area contributed by atoms with Gasteiger partial charge >= 0.3 is 6.03 Å². The monoisotopic (exact) mass is 277 g/mol. The fraction of sp³-hybridized carbons (Fsp3) is 0.429. The highest BCUT2D eigenvalue weighted by atomic mass is 16.5. The van der Waals surface area contributed by atoms with Crippen LogP contribution in [0.3, 0.4) is 0 Å². The standard InChI is InChI=1S/C14H19N3O3/c1-20-12-4-2-10(3-5-12)11-6-7-17(8-11)9-13(18)16-14(15)19/h2-5,11H,6-9H2,1H3,(H3,15,16,18,19). The summed E-state index contributed by atoms with van der Waals surface area (Å²) in [6.45, 7) is 1.84. The summed E-state index contributed by atoms with van der Waals surface area (Å²) in [5.41, 5.74) is 6.15. The highest BCUT2D eigenvalue weighted by molar-refractivity contribution is 5.94. The number of nitrogens with zero attached hydrogens (tertiary/aromatic N) is 1. The Hall–Kier alpha value is -2.08. The van der Waals surface area contributed by atoms with Crippen LogP contribution in [0.25, 0.3) is 0 Å². The van der Waals surface area contributed by atoms with Gasteiger partial charge in [-0.25, -0.2) is 4.79 Å². The molecular weight excluding hydrogens is 258 g/mol. The second kappa shape index (κ2) is 6.38. The Morgan fingerprint density at radius 1 is 1.40 bits per heavy atom. The first-order valence-electron chi connectivity index (χ1n) is 6.54. The van der Waals surface area contributed by atoms with Crippen molar-refractivity contribution in [3.8, 4) is 5.75 Å². The molecule has 6 heteroatoms. The number of benzene rings is 1. The molecule has 0 saturated carbocycles. The summed E-state index contributed by atoms with van der Waals surface area (Å²) in [5, 5.41) is 2.08. The van der Waals surface area contributed by atoms with Gasteiger partial charge in [-0.3, -0.25) is 15.0 Å². The average Bonchev–Trinajstić information content (AvgIpc) is 2.86. The summed E-state index contributed by atoms with van der Waals surface area (Å²) >= 11 is 0. The first-order valence-corrected chi connectivity index (χ1v) is 6.54. The number of amides is 3. The van der Waals surface area contributed by atoms with Gasteiger partial charge in [0.05, 0.1) is 13.7 Å². The molecule has 0 spiro atoms. The Kier molecular flexibility index (Phi) is 4.57. The number of carbonyl (C=O) groups excluding carboxylic acids is 2. The Morgan fingerprint density at radius 2 is 2.10 bits per heavy atom. The van der Waals surface area contributed by atoms with Gasteiger partial charge in [-0.15, -0.1) is 0 Å². The summed E-state index contributed by atoms with van der Waals surface area (Å²) in [6, 6.07) is 7.18. The quantitative estimate of drug-likeness (QED) is 0.847. The number of nitrogens with two attached hydrogens (primary N) is 1. The van der Waals surface area contributed by atoms with E-state index in [-0.39, 0.29) is 12.5 Å². The van der Waals surface area contributed by atoms with Crippen LogP contribution in [0.1, 0.15) is 17.9 Å². The molecule has 3 N–H and O–H groups in total. The predicted octanol–water partition coefficient (Wildman–Crippen LogP) is 0.679. The van der Waals surface area contributed by atoms with Crippen LogP contribution in [0, 0.1) is 0 Å². The lowest BCUT2D eigenvalue weighted by atomic mass is 9.98. The van der Waals surface area contributed by atoms with E-state index in [1.807, 2.05) is 17.0 Å². The summed E-state index contributed by atoms with van der Waals surface area (Å²) in [5.74, 6) is 0.889. The molecule has 0 aliphatic carbocycles. The minimum Gasteiger partial charge on any atom is -0.497 e. The first-order chi connectivity index (χ1) is 9.58. The second-order valence-electron chi connectivity index (χ2n) is 4.91. The van der Waals surface area contributed by atoms with Crippen LogP contribution in [0.5, 0.6) is 5.75 Å². The molecule has 20 heavy (non-hydrogen) atoms. The molecule has 6 nitrogen and oxygen atoms in total. The van der Waals surface area contributed by atoms with Crippen molar-refractivity contribution < 1.29 is 14.3 Å². The van der Waals surface area contributed by atoms with Gasteiger partial charge < -0.3 is 10.5 Å². The lowest BCUT2D eigenvalue weighted by Crippen LogP contribution is -2.41. The third-order valence-electron chi connectivity index (χ3n) is 3.49. The van der Waals surface area contributed by atoms with Crippen molar-refractivity contribution in [1.82, 2.24) is 10.2 Å². The summed E-state index contributed by atoms with van der Waals surface area (Å²) in [6.07, 6.45) is 0.996. The molecule has 1 saturated heterocycles. The van der Waals surface area contributed by atoms with Gasteiger partial charge in [-0.05, 0) is 36.6 Å². The summed E-state index contributed by atoms with van der Waals surface area (Å²) < 4.78 is 5.14. The number of methoxy groups -OCH3 is 1. The van der Waals surface area contributed by atoms with Crippen molar-refractivity contribution in [3.05, 3.63) is 29.8 Å². The molecule has 0 radical (unpaired) electrons. The number of hydrogen-bond acceptors (Lipinski definition) is 4. The minimum atomic E-state index is -0.805. The third kappa shape index (κ3) is 3.71. The Morgan fingerprint density at radius 3 is 2.70 bits per heavy atom. The van der Waals surface area contributed by atoms with Gasteiger partial charge in [0, 0.05) is 6.54 Å². The van der Waals surface area contributed by atoms with E-state index in [0.717, 1.165) is 25.3 Å². The minimum absolute atomic E-state index is 0.204. The molecule has 1 aliphatic rings. The maximum atomic E-state index is 11.5. The van der Waals surface area contributed by atoms with Gasteiger partial charge in [0.15, 0.2) is 0 Å². The number of urea groups is 1. The number of likely N-dealkylation sites (tertiary alicyclic amines) is 1. The fourth-order valence-corrected chi connectivity index (χ4v) is 2.50. The number of carbonyl (C=O) groups is 2. The molecule has 1 heterocycles. The largest absolute Gasteiger partial charge is 0.497 e. The van der Waals surface area contributed by atoms with Gasteiger partial charge in [0.1, 0.15) is 5.75 Å². The van der Waals surface area contributed by atoms with E-state index < -0.39 is 6.03 Å². The molecular formula is C14H19N3O3. The SMILES string of the molecule is COc1ccc(C2CCN(CC(=O)NC(N)=O)C2)cc1. The summed E-state index contributed by atoms with van der Waals surface area (Å²) in [7, 11) is 1.64. The zero-order valence-corrected chi connectivity index (χ0v) is 11.5. The van der Waals surface area contributed by atoms with Crippen LogP contribution in [-0.2, 0) is 4.79 Å². The zero-order valence-electron chi connectivity index (χ0n) is 11.5.